The monoisotopic (exact) mass is 569 g/mol. The Bertz CT molecular complexity index is 1490. The Morgan fingerprint density at radius 2 is 1.52 bits per heavy atom. The van der Waals surface area contributed by atoms with E-state index in [0.717, 1.165) is 71.6 Å². The lowest BCUT2D eigenvalue weighted by atomic mass is 9.89. The molecular weight excluding hydrogens is 534 g/mol. The SMILES string of the molecule is COc1ccc2c(c1)OC1c3ccc(OC)cc3OCC21.O=C(C=CC=Cc1ccc2c(c1)OCO2)N1CCCCC1. The van der Waals surface area contributed by atoms with Gasteiger partial charge >= 0.3 is 0 Å². The van der Waals surface area contributed by atoms with Gasteiger partial charge in [0.1, 0.15) is 29.1 Å². The fourth-order valence-corrected chi connectivity index (χ4v) is 5.61. The Morgan fingerprint density at radius 3 is 2.31 bits per heavy atom. The Balaban J connectivity index is 0.000000150. The summed E-state index contributed by atoms with van der Waals surface area (Å²) in [6, 6.07) is 17.6. The predicted molar refractivity (Wildman–Crippen MR) is 159 cm³/mol. The molecule has 8 heteroatoms. The van der Waals surface area contributed by atoms with Gasteiger partial charge in [-0.3, -0.25) is 4.79 Å². The minimum absolute atomic E-state index is 0.00163. The molecule has 0 radical (unpaired) electrons. The highest BCUT2D eigenvalue weighted by molar-refractivity contribution is 5.88. The lowest BCUT2D eigenvalue weighted by Gasteiger charge is -2.28. The second kappa shape index (κ2) is 12.5. The molecule has 1 saturated heterocycles. The standard InChI is InChI=1S/C17H19NO3.C17H16O4/c19-17(18-10-4-1-5-11-18)7-3-2-6-14-8-9-15-16(12-14)21-13-20-15;1-18-10-4-6-13-15(7-10)20-9-14-12-5-3-11(19-2)8-16(12)21-17(13)14/h2-3,6-9,12H,1,4-5,10-11,13H2;3-8,14,17H,9H2,1-2H3. The van der Waals surface area contributed by atoms with Gasteiger partial charge in [-0.25, -0.2) is 0 Å². The third-order valence-corrected chi connectivity index (χ3v) is 7.89. The third kappa shape index (κ3) is 5.88. The van der Waals surface area contributed by atoms with Crippen molar-refractivity contribution in [3.05, 3.63) is 89.5 Å². The summed E-state index contributed by atoms with van der Waals surface area (Å²) < 4.78 is 33.2. The summed E-state index contributed by atoms with van der Waals surface area (Å²) in [6.07, 6.45) is 10.7. The Kier molecular flexibility index (Phi) is 8.21. The molecule has 1 fully saturated rings. The summed E-state index contributed by atoms with van der Waals surface area (Å²) in [5.74, 6) is 5.21. The molecule has 0 aromatic heterocycles. The highest BCUT2D eigenvalue weighted by Gasteiger charge is 2.40. The second-order valence-electron chi connectivity index (χ2n) is 10.5. The van der Waals surface area contributed by atoms with Crippen molar-refractivity contribution in [1.29, 1.82) is 0 Å². The Hall–Kier alpha value is -4.59. The van der Waals surface area contributed by atoms with Crippen LogP contribution in [-0.2, 0) is 4.79 Å². The molecule has 0 bridgehead atoms. The van der Waals surface area contributed by atoms with Crippen molar-refractivity contribution in [3.63, 3.8) is 0 Å². The number of piperidine rings is 1. The van der Waals surface area contributed by atoms with Crippen LogP contribution >= 0.6 is 0 Å². The summed E-state index contributed by atoms with van der Waals surface area (Å²) in [5, 5.41) is 0. The van der Waals surface area contributed by atoms with Crippen LogP contribution in [0.5, 0.6) is 34.5 Å². The van der Waals surface area contributed by atoms with Crippen LogP contribution in [0.25, 0.3) is 6.08 Å². The average molecular weight is 570 g/mol. The molecule has 7 rings (SSSR count). The molecular formula is C34H35NO7. The fourth-order valence-electron chi connectivity index (χ4n) is 5.61. The van der Waals surface area contributed by atoms with Crippen LogP contribution in [0.3, 0.4) is 0 Å². The predicted octanol–water partition coefficient (Wildman–Crippen LogP) is 6.31. The maximum Gasteiger partial charge on any atom is 0.246 e. The number of fused-ring (bicyclic) bond motifs is 6. The number of carbonyl (C=O) groups is 1. The number of nitrogens with zero attached hydrogens (tertiary/aromatic N) is 1. The van der Waals surface area contributed by atoms with Crippen molar-refractivity contribution >= 4 is 12.0 Å². The molecule has 0 saturated carbocycles. The number of amides is 1. The molecule has 0 aliphatic carbocycles. The molecule has 3 aromatic rings. The van der Waals surface area contributed by atoms with Gasteiger partial charge in [0.05, 0.1) is 26.7 Å². The minimum Gasteiger partial charge on any atom is -0.497 e. The zero-order valence-electron chi connectivity index (χ0n) is 23.9. The number of carbonyl (C=O) groups excluding carboxylic acids is 1. The van der Waals surface area contributed by atoms with Gasteiger partial charge in [0.2, 0.25) is 12.7 Å². The highest BCUT2D eigenvalue weighted by Crippen LogP contribution is 2.52. The van der Waals surface area contributed by atoms with Crippen molar-refractivity contribution < 1.29 is 33.2 Å². The normalized spacial score (nSPS) is 19.6. The lowest BCUT2D eigenvalue weighted by Crippen LogP contribution is -2.34. The van der Waals surface area contributed by atoms with Crippen LogP contribution in [0.4, 0.5) is 0 Å². The topological polar surface area (TPSA) is 75.7 Å². The molecule has 3 aromatic carbocycles. The molecule has 1 amide bonds. The molecule has 42 heavy (non-hydrogen) atoms. The number of benzene rings is 3. The van der Waals surface area contributed by atoms with Crippen LogP contribution in [-0.4, -0.2) is 51.5 Å². The van der Waals surface area contributed by atoms with Crippen molar-refractivity contribution in [2.75, 3.05) is 40.7 Å². The first-order valence-electron chi connectivity index (χ1n) is 14.3. The fraction of sp³-hybridized carbons (Fsp3) is 0.324. The molecule has 4 aliphatic heterocycles. The van der Waals surface area contributed by atoms with E-state index in [1.54, 1.807) is 26.4 Å². The van der Waals surface area contributed by atoms with Gasteiger partial charge in [-0.05, 0) is 55.2 Å². The number of ether oxygens (including phenoxy) is 6. The van der Waals surface area contributed by atoms with E-state index in [2.05, 4.69) is 6.07 Å². The highest BCUT2D eigenvalue weighted by atomic mass is 16.7. The second-order valence-corrected chi connectivity index (χ2v) is 10.5. The molecule has 4 heterocycles. The van der Waals surface area contributed by atoms with Crippen molar-refractivity contribution in [2.45, 2.75) is 31.3 Å². The maximum atomic E-state index is 11.9. The van der Waals surface area contributed by atoms with Crippen molar-refractivity contribution in [1.82, 2.24) is 4.90 Å². The largest absolute Gasteiger partial charge is 0.497 e. The van der Waals surface area contributed by atoms with E-state index in [-0.39, 0.29) is 24.7 Å². The van der Waals surface area contributed by atoms with Gasteiger partial charge in [-0.1, -0.05) is 30.4 Å². The maximum absolute atomic E-state index is 11.9. The molecule has 8 nitrogen and oxygen atoms in total. The molecule has 4 aliphatic rings. The summed E-state index contributed by atoms with van der Waals surface area (Å²) in [4.78, 5) is 13.8. The Labute approximate surface area is 246 Å². The van der Waals surface area contributed by atoms with Crippen LogP contribution in [0, 0.1) is 0 Å². The van der Waals surface area contributed by atoms with E-state index < -0.39 is 0 Å². The number of likely N-dealkylation sites (tertiary alicyclic amines) is 1. The summed E-state index contributed by atoms with van der Waals surface area (Å²) >= 11 is 0. The summed E-state index contributed by atoms with van der Waals surface area (Å²) in [7, 11) is 3.32. The van der Waals surface area contributed by atoms with Gasteiger partial charge in [-0.15, -0.1) is 0 Å². The van der Waals surface area contributed by atoms with Gasteiger partial charge < -0.3 is 33.3 Å². The molecule has 2 atom stereocenters. The molecule has 2 unspecified atom stereocenters. The van der Waals surface area contributed by atoms with E-state index in [4.69, 9.17) is 28.4 Å². The Morgan fingerprint density at radius 1 is 0.786 bits per heavy atom. The summed E-state index contributed by atoms with van der Waals surface area (Å²) in [6.45, 7) is 2.67. The molecule has 0 spiro atoms. The minimum atomic E-state index is 0.00163. The first-order valence-corrected chi connectivity index (χ1v) is 14.3. The number of hydrogen-bond acceptors (Lipinski definition) is 7. The van der Waals surface area contributed by atoms with Crippen LogP contribution in [0.15, 0.2) is 72.8 Å². The van der Waals surface area contributed by atoms with Gasteiger partial charge in [-0.2, -0.15) is 0 Å². The zero-order valence-corrected chi connectivity index (χ0v) is 23.9. The van der Waals surface area contributed by atoms with Crippen LogP contribution in [0.1, 0.15) is 48.0 Å². The van der Waals surface area contributed by atoms with Gasteiger partial charge in [0.25, 0.3) is 0 Å². The van der Waals surface area contributed by atoms with E-state index in [9.17, 15) is 4.79 Å². The third-order valence-electron chi connectivity index (χ3n) is 7.89. The number of methoxy groups -OCH3 is 2. The van der Waals surface area contributed by atoms with Gasteiger partial charge in [0.15, 0.2) is 11.5 Å². The number of hydrogen-bond donors (Lipinski definition) is 0. The average Bonchev–Trinajstić information content (AvgIpc) is 3.67. The van der Waals surface area contributed by atoms with E-state index >= 15 is 0 Å². The van der Waals surface area contributed by atoms with Gasteiger partial charge in [0, 0.05) is 42.4 Å². The van der Waals surface area contributed by atoms with E-state index in [0.29, 0.717) is 6.61 Å². The zero-order chi connectivity index (χ0) is 28.9. The van der Waals surface area contributed by atoms with Crippen molar-refractivity contribution in [3.8, 4) is 34.5 Å². The molecule has 218 valence electrons. The molecule has 0 N–H and O–H groups in total. The van der Waals surface area contributed by atoms with Crippen molar-refractivity contribution in [2.24, 2.45) is 0 Å². The van der Waals surface area contributed by atoms with E-state index in [1.165, 1.54) is 12.0 Å². The summed E-state index contributed by atoms with van der Waals surface area (Å²) in [5.41, 5.74) is 3.28. The van der Waals surface area contributed by atoms with E-state index in [1.807, 2.05) is 65.6 Å². The smallest absolute Gasteiger partial charge is 0.246 e. The lowest BCUT2D eigenvalue weighted by molar-refractivity contribution is -0.126. The van der Waals surface area contributed by atoms with Crippen LogP contribution in [0.2, 0.25) is 0 Å². The quantitative estimate of drug-likeness (QED) is 0.263. The number of rotatable bonds is 5. The first kappa shape index (κ1) is 27.6. The van der Waals surface area contributed by atoms with Crippen LogP contribution < -0.4 is 28.4 Å². The first-order chi connectivity index (χ1) is 20.6. The number of allylic oxidation sites excluding steroid dienone is 2.